The molecule has 0 aliphatic carbocycles. The van der Waals surface area contributed by atoms with Crippen molar-refractivity contribution in [1.82, 2.24) is 20.0 Å². The summed E-state index contributed by atoms with van der Waals surface area (Å²) in [4.78, 5) is 37.6. The number of nitrogens with two attached hydrogens (primary N) is 1. The van der Waals surface area contributed by atoms with Gasteiger partial charge >= 0.3 is 5.97 Å². The fourth-order valence-corrected chi connectivity index (χ4v) is 5.97. The lowest BCUT2D eigenvalue weighted by molar-refractivity contribution is -0.147. The number of carbonyl (C=O) groups excluding carboxylic acids is 1. The highest BCUT2D eigenvalue weighted by molar-refractivity contribution is 7.89. The van der Waals surface area contributed by atoms with E-state index in [1.165, 1.54) is 45.2 Å². The van der Waals surface area contributed by atoms with Gasteiger partial charge in [0.05, 0.1) is 35.4 Å². The molecule has 12 nitrogen and oxygen atoms in total. The summed E-state index contributed by atoms with van der Waals surface area (Å²) in [6.45, 7) is 1.76. The second-order valence-electron chi connectivity index (χ2n) is 9.20. The number of nitrogens with one attached hydrogen (secondary N) is 1. The van der Waals surface area contributed by atoms with Crippen LogP contribution in [0.5, 0.6) is 5.75 Å². The molecule has 2 aromatic carbocycles. The van der Waals surface area contributed by atoms with Gasteiger partial charge in [0, 0.05) is 16.0 Å². The number of ether oxygens (including phenoxy) is 2. The van der Waals surface area contributed by atoms with Gasteiger partial charge in [0.15, 0.2) is 5.65 Å². The molecule has 0 saturated heterocycles. The highest BCUT2D eigenvalue weighted by atomic mass is 32.2. The molecule has 42 heavy (non-hydrogen) atoms. The van der Waals surface area contributed by atoms with Crippen molar-refractivity contribution in [2.45, 2.75) is 18.0 Å². The largest absolute Gasteiger partial charge is 0.497 e. The van der Waals surface area contributed by atoms with Crippen LogP contribution in [-0.2, 0) is 19.6 Å². The Bertz CT molecular complexity index is 1980. The monoisotopic (exact) mass is 604 g/mol. The van der Waals surface area contributed by atoms with E-state index < -0.39 is 27.7 Å². The Morgan fingerprint density at radius 2 is 1.83 bits per heavy atom. The molecule has 0 bridgehead atoms. The molecule has 0 radical (unpaired) electrons. The van der Waals surface area contributed by atoms with Crippen LogP contribution in [-0.4, -0.2) is 42.6 Å². The second-order valence-corrected chi connectivity index (χ2v) is 11.7. The summed E-state index contributed by atoms with van der Waals surface area (Å²) in [5.74, 6) is 0.0731. The number of pyridine rings is 1. The summed E-state index contributed by atoms with van der Waals surface area (Å²) in [6.07, 6.45) is -1.24. The van der Waals surface area contributed by atoms with Gasteiger partial charge in [-0.05, 0) is 73.0 Å². The summed E-state index contributed by atoms with van der Waals surface area (Å²) in [5, 5.41) is 8.82. The summed E-state index contributed by atoms with van der Waals surface area (Å²) < 4.78 is 35.4. The lowest BCUT2D eigenvalue weighted by Gasteiger charge is -2.18. The number of carbonyl (C=O) groups is 1. The Labute approximate surface area is 244 Å². The Hall–Kier alpha value is -4.63. The van der Waals surface area contributed by atoms with Crippen LogP contribution in [0.1, 0.15) is 13.1 Å². The van der Waals surface area contributed by atoms with E-state index in [0.29, 0.717) is 22.7 Å². The number of esters is 1. The van der Waals surface area contributed by atoms with Crippen molar-refractivity contribution in [3.05, 3.63) is 82.5 Å². The highest BCUT2D eigenvalue weighted by Crippen LogP contribution is 2.36. The lowest BCUT2D eigenvalue weighted by atomic mass is 10.1. The van der Waals surface area contributed by atoms with Crippen molar-refractivity contribution >= 4 is 50.0 Å². The lowest BCUT2D eigenvalue weighted by Crippen LogP contribution is -2.38. The first-order chi connectivity index (χ1) is 20.2. The molecule has 4 heterocycles. The topological polar surface area (TPSA) is 159 Å². The second kappa shape index (κ2) is 10.6. The number of nitrogens with zero attached hydrogens (tertiary/aromatic N) is 4. The van der Waals surface area contributed by atoms with Crippen molar-refractivity contribution in [2.24, 2.45) is 5.14 Å². The quantitative estimate of drug-likeness (QED) is 0.263. The predicted octanol–water partition coefficient (Wildman–Crippen LogP) is 3.56. The Kier molecular flexibility index (Phi) is 6.98. The van der Waals surface area contributed by atoms with Crippen LogP contribution in [0.3, 0.4) is 0 Å². The van der Waals surface area contributed by atoms with Crippen molar-refractivity contribution in [1.29, 1.82) is 0 Å². The average molecular weight is 605 g/mol. The molecule has 1 atom stereocenters. The first-order valence-corrected chi connectivity index (χ1v) is 15.1. The van der Waals surface area contributed by atoms with E-state index in [1.807, 2.05) is 47.8 Å². The maximum atomic E-state index is 14.3. The average Bonchev–Trinajstić information content (AvgIpc) is 3.66. The number of thiophene rings is 1. The number of hydrazine groups is 1. The Morgan fingerprint density at radius 3 is 2.45 bits per heavy atom. The van der Waals surface area contributed by atoms with Gasteiger partial charge < -0.3 is 9.47 Å². The molecule has 0 fully saturated rings. The molecule has 3 aromatic heterocycles. The van der Waals surface area contributed by atoms with Gasteiger partial charge in [-0.3, -0.25) is 4.79 Å². The fraction of sp³-hybridized carbons (Fsp3) is 0.143. The summed E-state index contributed by atoms with van der Waals surface area (Å²) >= 11 is 1.46. The molecule has 0 spiro atoms. The van der Waals surface area contributed by atoms with E-state index in [9.17, 15) is 18.0 Å². The molecule has 6 rings (SSSR count). The zero-order chi connectivity index (χ0) is 29.6. The van der Waals surface area contributed by atoms with Crippen LogP contribution in [0.25, 0.3) is 32.7 Å². The molecule has 0 saturated carbocycles. The van der Waals surface area contributed by atoms with Crippen LogP contribution < -0.4 is 25.9 Å². The van der Waals surface area contributed by atoms with Crippen molar-refractivity contribution in [3.8, 4) is 27.4 Å². The number of methoxy groups -OCH3 is 1. The van der Waals surface area contributed by atoms with E-state index in [1.54, 1.807) is 14.0 Å². The number of primary sulfonamides is 1. The van der Waals surface area contributed by atoms with Gasteiger partial charge in [-0.2, -0.15) is 10.4 Å². The van der Waals surface area contributed by atoms with Gasteiger partial charge in [0.1, 0.15) is 5.75 Å². The van der Waals surface area contributed by atoms with E-state index in [2.05, 4.69) is 5.43 Å². The summed E-state index contributed by atoms with van der Waals surface area (Å²) in [7, 11) is -2.35. The fourth-order valence-electron chi connectivity index (χ4n) is 4.70. The number of anilines is 2. The third-order valence-corrected chi connectivity index (χ3v) is 8.50. The Balaban J connectivity index is 1.60. The Morgan fingerprint density at radius 1 is 1.10 bits per heavy atom. The van der Waals surface area contributed by atoms with Crippen LogP contribution in [0.2, 0.25) is 0 Å². The van der Waals surface area contributed by atoms with E-state index in [0.717, 1.165) is 10.4 Å². The van der Waals surface area contributed by atoms with Crippen molar-refractivity contribution in [3.63, 3.8) is 0 Å². The molecule has 0 amide bonds. The number of hydrogen-bond acceptors (Lipinski definition) is 11. The zero-order valence-corrected chi connectivity index (χ0v) is 24.0. The van der Waals surface area contributed by atoms with Crippen LogP contribution >= 0.6 is 11.3 Å². The van der Waals surface area contributed by atoms with Gasteiger partial charge in [-0.25, -0.2) is 32.9 Å². The van der Waals surface area contributed by atoms with Gasteiger partial charge in [0.2, 0.25) is 22.1 Å². The first-order valence-electron chi connectivity index (χ1n) is 12.7. The van der Waals surface area contributed by atoms with E-state index >= 15 is 0 Å². The summed E-state index contributed by atoms with van der Waals surface area (Å²) in [5.41, 5.74) is 5.05. The predicted molar refractivity (Wildman–Crippen MR) is 158 cm³/mol. The third kappa shape index (κ3) is 4.79. The minimum absolute atomic E-state index is 0.0745. The van der Waals surface area contributed by atoms with Crippen LogP contribution in [0, 0.1) is 0 Å². The number of hydrogen-bond donors (Lipinski definition) is 2. The van der Waals surface area contributed by atoms with Crippen LogP contribution in [0.4, 0.5) is 11.6 Å². The summed E-state index contributed by atoms with van der Waals surface area (Å²) in [6, 6.07) is 18.6. The maximum absolute atomic E-state index is 14.3. The molecule has 1 unspecified atom stereocenters. The molecule has 5 aromatic rings. The van der Waals surface area contributed by atoms with Gasteiger partial charge in [-0.1, -0.05) is 6.07 Å². The number of benzene rings is 2. The molecule has 3 N–H and O–H groups in total. The smallest absolute Gasteiger partial charge is 0.346 e. The third-order valence-electron chi connectivity index (χ3n) is 6.67. The molecule has 1 aliphatic rings. The molecule has 1 aliphatic heterocycles. The number of aromatic nitrogens is 3. The van der Waals surface area contributed by atoms with E-state index in [-0.39, 0.29) is 28.5 Å². The SMILES string of the molecule is CCOC(=O)C1NN(c2ccc(S(N)(=O)=O)cc2)c2nc3nc(-c4ccc(OC)cc4)cc(-c4cccs4)c3c(=O)n21. The maximum Gasteiger partial charge on any atom is 0.346 e. The number of rotatable bonds is 7. The molecule has 14 heteroatoms. The van der Waals surface area contributed by atoms with Crippen molar-refractivity contribution < 1.29 is 22.7 Å². The normalized spacial score (nSPS) is 14.6. The van der Waals surface area contributed by atoms with Crippen molar-refractivity contribution in [2.75, 3.05) is 18.7 Å². The molecular formula is C28H24N6O6S2. The van der Waals surface area contributed by atoms with E-state index in [4.69, 9.17) is 24.6 Å². The molecule has 214 valence electrons. The van der Waals surface area contributed by atoms with Crippen LogP contribution in [0.15, 0.2) is 81.8 Å². The number of fused-ring (bicyclic) bond motifs is 2. The van der Waals surface area contributed by atoms with Gasteiger partial charge in [0.25, 0.3) is 5.56 Å². The first kappa shape index (κ1) is 27.5. The minimum Gasteiger partial charge on any atom is -0.497 e. The molecular weight excluding hydrogens is 580 g/mol. The van der Waals surface area contributed by atoms with Gasteiger partial charge in [-0.15, -0.1) is 11.3 Å². The highest BCUT2D eigenvalue weighted by Gasteiger charge is 2.38. The zero-order valence-electron chi connectivity index (χ0n) is 22.3. The standard InChI is InChI=1S/C28H24N6O6S2/c1-3-40-27(36)25-32-34(17-8-12-19(13-9-17)42(29,37)38)28-31-24-23(26(35)33(25)28)20(22-5-4-14-41-22)15-21(30-24)16-6-10-18(39-2)11-7-16/h4-15,25,32H,3H2,1-2H3,(H2,29,37,38). The minimum atomic E-state index is -3.93. The number of sulfonamides is 1.